The zero-order valence-electron chi connectivity index (χ0n) is 22.1. The molecule has 3 aromatic rings. The highest BCUT2D eigenvalue weighted by molar-refractivity contribution is 6.09. The molecule has 5 nitrogen and oxygen atoms in total. The predicted octanol–water partition coefficient (Wildman–Crippen LogP) is 5.88. The lowest BCUT2D eigenvalue weighted by Crippen LogP contribution is -2.48. The molecular formula is C32H41N3O2. The molecule has 2 aliphatic rings. The van der Waals surface area contributed by atoms with Crippen molar-refractivity contribution < 1.29 is 9.53 Å². The molecule has 0 unspecified atom stereocenters. The van der Waals surface area contributed by atoms with Gasteiger partial charge in [-0.3, -0.25) is 9.69 Å². The third-order valence-electron chi connectivity index (χ3n) is 7.87. The van der Waals surface area contributed by atoms with Gasteiger partial charge < -0.3 is 14.5 Å². The van der Waals surface area contributed by atoms with E-state index in [9.17, 15) is 4.79 Å². The molecule has 0 bridgehead atoms. The third kappa shape index (κ3) is 7.12. The summed E-state index contributed by atoms with van der Waals surface area (Å²) >= 11 is 0. The number of anilines is 1. The van der Waals surface area contributed by atoms with Gasteiger partial charge in [-0.05, 0) is 67.4 Å². The molecule has 0 amide bonds. The highest BCUT2D eigenvalue weighted by Crippen LogP contribution is 2.22. The van der Waals surface area contributed by atoms with Crippen molar-refractivity contribution in [1.82, 2.24) is 9.80 Å². The van der Waals surface area contributed by atoms with Gasteiger partial charge in [-0.1, -0.05) is 61.7 Å². The molecule has 0 atom stereocenters. The van der Waals surface area contributed by atoms with Crippen molar-refractivity contribution in [3.8, 4) is 5.75 Å². The van der Waals surface area contributed by atoms with E-state index in [1.54, 1.807) is 0 Å². The first-order valence-corrected chi connectivity index (χ1v) is 14.2. The molecule has 2 aliphatic heterocycles. The van der Waals surface area contributed by atoms with Crippen molar-refractivity contribution in [1.29, 1.82) is 0 Å². The second-order valence-corrected chi connectivity index (χ2v) is 10.5. The molecule has 196 valence electrons. The molecule has 2 heterocycles. The first-order chi connectivity index (χ1) is 18.3. The number of rotatable bonds is 9. The van der Waals surface area contributed by atoms with E-state index in [1.165, 1.54) is 50.9 Å². The van der Waals surface area contributed by atoms with Crippen LogP contribution >= 0.6 is 0 Å². The Morgan fingerprint density at radius 2 is 1.41 bits per heavy atom. The van der Waals surface area contributed by atoms with Gasteiger partial charge in [0, 0.05) is 44.0 Å². The summed E-state index contributed by atoms with van der Waals surface area (Å²) in [5, 5.41) is 2.17. The summed E-state index contributed by atoms with van der Waals surface area (Å²) in [6, 6.07) is 22.7. The molecule has 3 aromatic carbocycles. The number of carbonyl (C=O) groups is 1. The highest BCUT2D eigenvalue weighted by Gasteiger charge is 2.21. The van der Waals surface area contributed by atoms with Crippen molar-refractivity contribution in [2.45, 2.75) is 38.5 Å². The SMILES string of the molecule is O=C(CN1CCN(c2ccc(OCCCN3CCCCCCC3)cc2)CC1)c1cccc2ccccc12. The summed E-state index contributed by atoms with van der Waals surface area (Å²) in [4.78, 5) is 20.4. The summed E-state index contributed by atoms with van der Waals surface area (Å²) in [6.45, 7) is 8.55. The Balaban J connectivity index is 1.04. The van der Waals surface area contributed by atoms with Crippen LogP contribution in [0.15, 0.2) is 66.7 Å². The Morgan fingerprint density at radius 3 is 2.19 bits per heavy atom. The van der Waals surface area contributed by atoms with Gasteiger partial charge in [0.2, 0.25) is 0 Å². The number of benzene rings is 3. The maximum atomic E-state index is 13.1. The topological polar surface area (TPSA) is 36.0 Å². The van der Waals surface area contributed by atoms with Crippen molar-refractivity contribution in [2.24, 2.45) is 0 Å². The van der Waals surface area contributed by atoms with Gasteiger partial charge in [0.25, 0.3) is 0 Å². The number of hydrogen-bond acceptors (Lipinski definition) is 5. The van der Waals surface area contributed by atoms with Crippen LogP contribution in [-0.4, -0.2) is 74.5 Å². The van der Waals surface area contributed by atoms with Crippen molar-refractivity contribution in [3.05, 3.63) is 72.3 Å². The van der Waals surface area contributed by atoms with E-state index >= 15 is 0 Å². The van der Waals surface area contributed by atoms with Crippen LogP contribution in [0.1, 0.15) is 48.9 Å². The maximum Gasteiger partial charge on any atom is 0.177 e. The molecular weight excluding hydrogens is 458 g/mol. The lowest BCUT2D eigenvalue weighted by Gasteiger charge is -2.35. The lowest BCUT2D eigenvalue weighted by molar-refractivity contribution is 0.0928. The second kappa shape index (κ2) is 13.1. The Morgan fingerprint density at radius 1 is 0.703 bits per heavy atom. The van der Waals surface area contributed by atoms with E-state index in [0.717, 1.165) is 67.8 Å². The maximum absolute atomic E-state index is 13.1. The molecule has 2 saturated heterocycles. The zero-order valence-corrected chi connectivity index (χ0v) is 22.1. The fraction of sp³-hybridized carbons (Fsp3) is 0.469. The Hall–Kier alpha value is -2.89. The van der Waals surface area contributed by atoms with Crippen LogP contribution in [0.5, 0.6) is 5.75 Å². The standard InChI is InChI=1S/C32H41N3O2/c36-32(31-13-8-11-27-10-4-5-12-30(27)31)26-34-21-23-35(24-22-34)28-14-16-29(17-15-28)37-25-9-20-33-18-6-2-1-3-7-19-33/h4-5,8,10-17H,1-3,6-7,9,18-26H2. The first-order valence-electron chi connectivity index (χ1n) is 14.2. The fourth-order valence-electron chi connectivity index (χ4n) is 5.69. The van der Waals surface area contributed by atoms with E-state index in [-0.39, 0.29) is 5.78 Å². The summed E-state index contributed by atoms with van der Waals surface area (Å²) in [5.74, 6) is 1.16. The molecule has 0 radical (unpaired) electrons. The van der Waals surface area contributed by atoms with Crippen molar-refractivity contribution in [2.75, 3.05) is 63.9 Å². The minimum absolute atomic E-state index is 0.207. The normalized spacial score (nSPS) is 17.9. The van der Waals surface area contributed by atoms with E-state index in [4.69, 9.17) is 4.74 Å². The number of likely N-dealkylation sites (tertiary alicyclic amines) is 1. The first kappa shape index (κ1) is 25.7. The van der Waals surface area contributed by atoms with Crippen molar-refractivity contribution >= 4 is 22.2 Å². The zero-order chi connectivity index (χ0) is 25.3. The number of Topliss-reactive ketones (excluding diaryl/α,β-unsaturated/α-hetero) is 1. The molecule has 2 fully saturated rings. The summed E-state index contributed by atoms with van der Waals surface area (Å²) in [7, 11) is 0. The monoisotopic (exact) mass is 499 g/mol. The number of ketones is 1. The van der Waals surface area contributed by atoms with E-state index < -0.39 is 0 Å². The molecule has 0 N–H and O–H groups in total. The van der Waals surface area contributed by atoms with E-state index in [0.29, 0.717) is 6.54 Å². The van der Waals surface area contributed by atoms with Gasteiger partial charge >= 0.3 is 0 Å². The summed E-state index contributed by atoms with van der Waals surface area (Å²) in [5.41, 5.74) is 2.06. The Kier molecular flexibility index (Phi) is 9.09. The average molecular weight is 500 g/mol. The molecule has 0 aromatic heterocycles. The molecule has 0 saturated carbocycles. The van der Waals surface area contributed by atoms with Gasteiger partial charge in [0.05, 0.1) is 13.2 Å². The van der Waals surface area contributed by atoms with Crippen LogP contribution in [0.3, 0.4) is 0 Å². The van der Waals surface area contributed by atoms with Crippen LogP contribution in [-0.2, 0) is 0 Å². The number of piperazine rings is 1. The number of fused-ring (bicyclic) bond motifs is 1. The number of ether oxygens (including phenoxy) is 1. The smallest absolute Gasteiger partial charge is 0.177 e. The third-order valence-corrected chi connectivity index (χ3v) is 7.87. The number of nitrogens with zero attached hydrogens (tertiary/aromatic N) is 3. The minimum Gasteiger partial charge on any atom is -0.494 e. The van der Waals surface area contributed by atoms with Crippen LogP contribution < -0.4 is 9.64 Å². The average Bonchev–Trinajstić information content (AvgIpc) is 2.92. The van der Waals surface area contributed by atoms with Gasteiger partial charge in [-0.2, -0.15) is 0 Å². The van der Waals surface area contributed by atoms with Crippen LogP contribution in [0.25, 0.3) is 10.8 Å². The summed E-state index contributed by atoms with van der Waals surface area (Å²) < 4.78 is 6.04. The minimum atomic E-state index is 0.207. The largest absolute Gasteiger partial charge is 0.494 e. The molecule has 5 heteroatoms. The van der Waals surface area contributed by atoms with E-state index in [2.05, 4.69) is 51.1 Å². The highest BCUT2D eigenvalue weighted by atomic mass is 16.5. The van der Waals surface area contributed by atoms with Gasteiger partial charge in [0.1, 0.15) is 5.75 Å². The molecule has 5 rings (SSSR count). The number of hydrogen-bond donors (Lipinski definition) is 0. The van der Waals surface area contributed by atoms with E-state index in [1.807, 2.05) is 30.3 Å². The van der Waals surface area contributed by atoms with Crippen LogP contribution in [0.2, 0.25) is 0 Å². The Bertz CT molecular complexity index is 1120. The van der Waals surface area contributed by atoms with Crippen molar-refractivity contribution in [3.63, 3.8) is 0 Å². The van der Waals surface area contributed by atoms with Gasteiger partial charge in [-0.25, -0.2) is 0 Å². The Labute approximate surface area is 222 Å². The fourth-order valence-corrected chi connectivity index (χ4v) is 5.69. The number of carbonyl (C=O) groups excluding carboxylic acids is 1. The molecule has 0 aliphatic carbocycles. The summed E-state index contributed by atoms with van der Waals surface area (Å²) in [6.07, 6.45) is 7.96. The predicted molar refractivity (Wildman–Crippen MR) is 153 cm³/mol. The molecule has 37 heavy (non-hydrogen) atoms. The van der Waals surface area contributed by atoms with Gasteiger partial charge in [-0.15, -0.1) is 0 Å². The van der Waals surface area contributed by atoms with Crippen LogP contribution in [0.4, 0.5) is 5.69 Å². The quantitative estimate of drug-likeness (QED) is 0.271. The lowest BCUT2D eigenvalue weighted by atomic mass is 10.0. The molecule has 0 spiro atoms. The van der Waals surface area contributed by atoms with Crippen LogP contribution in [0, 0.1) is 0 Å². The van der Waals surface area contributed by atoms with Gasteiger partial charge in [0.15, 0.2) is 5.78 Å². The second-order valence-electron chi connectivity index (χ2n) is 10.5.